The summed E-state index contributed by atoms with van der Waals surface area (Å²) in [4.78, 5) is 29.6. The van der Waals surface area contributed by atoms with Gasteiger partial charge >= 0.3 is 6.18 Å². The molecule has 2 heterocycles. The van der Waals surface area contributed by atoms with Gasteiger partial charge in [-0.3, -0.25) is 19.3 Å². The van der Waals surface area contributed by atoms with Gasteiger partial charge in [0, 0.05) is 35.0 Å². The van der Waals surface area contributed by atoms with Crippen LogP contribution in [-0.2, 0) is 30.4 Å². The molecule has 2 aromatic carbocycles. The third-order valence-corrected chi connectivity index (χ3v) is 7.80. The summed E-state index contributed by atoms with van der Waals surface area (Å²) in [5, 5.41) is 6.49. The van der Waals surface area contributed by atoms with Crippen LogP contribution in [0.4, 0.5) is 26.3 Å². The molecular weight excluding hydrogens is 576 g/mol. The van der Waals surface area contributed by atoms with Gasteiger partial charge in [-0.15, -0.1) is 0 Å². The second kappa shape index (κ2) is 10.5. The van der Waals surface area contributed by atoms with E-state index in [0.29, 0.717) is 22.9 Å². The molecule has 0 aliphatic heterocycles. The van der Waals surface area contributed by atoms with Gasteiger partial charge in [-0.25, -0.2) is 13.2 Å². The fourth-order valence-corrected chi connectivity index (χ4v) is 5.92. The quantitative estimate of drug-likeness (QED) is 0.271. The van der Waals surface area contributed by atoms with Gasteiger partial charge in [-0.1, -0.05) is 12.1 Å². The zero-order valence-electron chi connectivity index (χ0n) is 22.3. The number of benzene rings is 2. The summed E-state index contributed by atoms with van der Waals surface area (Å²) in [6, 6.07) is 8.59. The molecule has 0 saturated heterocycles. The van der Waals surface area contributed by atoms with Gasteiger partial charge in [0.25, 0.3) is 5.91 Å². The fourth-order valence-electron chi connectivity index (χ4n) is 5.92. The van der Waals surface area contributed by atoms with Crippen LogP contribution in [0.3, 0.4) is 0 Å². The Bertz CT molecular complexity index is 1750. The Morgan fingerprint density at radius 2 is 1.81 bits per heavy atom. The number of fused-ring (bicyclic) bond motifs is 3. The number of primary amides is 1. The van der Waals surface area contributed by atoms with Gasteiger partial charge < -0.3 is 11.1 Å². The highest BCUT2D eigenvalue weighted by molar-refractivity contribution is 5.94. The van der Waals surface area contributed by atoms with E-state index in [2.05, 4.69) is 15.4 Å². The first-order valence-electron chi connectivity index (χ1n) is 13.3. The lowest BCUT2D eigenvalue weighted by Crippen LogP contribution is -2.34. The Labute approximate surface area is 240 Å². The Hall–Kier alpha value is -4.68. The second-order valence-corrected chi connectivity index (χ2v) is 10.8. The summed E-state index contributed by atoms with van der Waals surface area (Å²) < 4.78 is 84.5. The number of hydrogen-bond acceptors (Lipinski definition) is 4. The van der Waals surface area contributed by atoms with Gasteiger partial charge in [0.1, 0.15) is 24.0 Å². The molecule has 2 aromatic heterocycles. The molecule has 3 N–H and O–H groups in total. The second-order valence-electron chi connectivity index (χ2n) is 10.8. The first-order chi connectivity index (χ1) is 20.4. The van der Waals surface area contributed by atoms with Crippen LogP contribution in [0.2, 0.25) is 0 Å². The summed E-state index contributed by atoms with van der Waals surface area (Å²) in [7, 11) is 0. The average Bonchev–Trinajstić information content (AvgIpc) is 3.43. The minimum atomic E-state index is -4.67. The molecule has 2 amide bonds. The van der Waals surface area contributed by atoms with Crippen molar-refractivity contribution >= 4 is 11.8 Å². The third-order valence-electron chi connectivity index (χ3n) is 7.80. The molecule has 2 aliphatic carbocycles. The Balaban J connectivity index is 1.36. The van der Waals surface area contributed by atoms with Crippen molar-refractivity contribution < 1.29 is 35.9 Å². The summed E-state index contributed by atoms with van der Waals surface area (Å²) in [6.07, 6.45) is -2.44. The van der Waals surface area contributed by atoms with Gasteiger partial charge in [-0.2, -0.15) is 18.3 Å². The molecule has 0 bridgehead atoms. The number of carbonyl (C=O) groups is 2. The number of hydrogen-bond donors (Lipinski definition) is 2. The number of nitrogens with one attached hydrogen (secondary N) is 1. The Morgan fingerprint density at radius 1 is 1.07 bits per heavy atom. The van der Waals surface area contributed by atoms with Crippen molar-refractivity contribution in [1.29, 1.82) is 0 Å². The van der Waals surface area contributed by atoms with Crippen molar-refractivity contribution in [3.05, 3.63) is 106 Å². The number of amides is 2. The van der Waals surface area contributed by atoms with E-state index in [4.69, 9.17) is 5.73 Å². The maximum absolute atomic E-state index is 14.2. The fraction of sp³-hybridized carbons (Fsp3) is 0.267. The molecule has 0 spiro atoms. The summed E-state index contributed by atoms with van der Waals surface area (Å²) in [6.45, 7) is -0.528. The lowest BCUT2D eigenvalue weighted by Gasteiger charge is -2.22. The minimum Gasteiger partial charge on any atom is -0.366 e. The van der Waals surface area contributed by atoms with Crippen LogP contribution in [0, 0.1) is 23.4 Å². The smallest absolute Gasteiger partial charge is 0.366 e. The highest BCUT2D eigenvalue weighted by Gasteiger charge is 2.53. The van der Waals surface area contributed by atoms with E-state index in [9.17, 15) is 35.9 Å². The highest BCUT2D eigenvalue weighted by atomic mass is 19.4. The third kappa shape index (κ3) is 5.58. The molecule has 6 rings (SSSR count). The number of nitrogens with zero attached hydrogens (tertiary/aromatic N) is 3. The van der Waals surface area contributed by atoms with E-state index < -0.39 is 53.7 Å². The summed E-state index contributed by atoms with van der Waals surface area (Å²) in [5.74, 6) is -4.24. The molecule has 1 fully saturated rings. The molecule has 3 unspecified atom stereocenters. The molecule has 1 saturated carbocycles. The number of nitrogens with two attached hydrogens (primary N) is 1. The van der Waals surface area contributed by atoms with Crippen LogP contribution < -0.4 is 11.1 Å². The maximum atomic E-state index is 14.2. The molecular formula is C30H23F6N5O2. The molecule has 43 heavy (non-hydrogen) atoms. The van der Waals surface area contributed by atoms with Crippen molar-refractivity contribution in [2.45, 2.75) is 43.9 Å². The Kier molecular flexibility index (Phi) is 6.98. The van der Waals surface area contributed by atoms with Gasteiger partial charge in [0.05, 0.1) is 17.3 Å². The van der Waals surface area contributed by atoms with E-state index in [0.717, 1.165) is 29.3 Å². The van der Waals surface area contributed by atoms with E-state index in [1.54, 1.807) is 12.1 Å². The summed E-state index contributed by atoms with van der Waals surface area (Å²) >= 11 is 0. The largest absolute Gasteiger partial charge is 0.435 e. The molecule has 3 atom stereocenters. The number of rotatable bonds is 8. The van der Waals surface area contributed by atoms with Crippen LogP contribution in [0.1, 0.15) is 56.9 Å². The van der Waals surface area contributed by atoms with Gasteiger partial charge in [0.2, 0.25) is 5.91 Å². The Morgan fingerprint density at radius 3 is 2.51 bits per heavy atom. The van der Waals surface area contributed by atoms with Crippen molar-refractivity contribution in [3.8, 4) is 11.1 Å². The first kappa shape index (κ1) is 28.4. The molecule has 7 nitrogen and oxygen atoms in total. The van der Waals surface area contributed by atoms with Crippen molar-refractivity contribution in [2.75, 3.05) is 0 Å². The zero-order chi connectivity index (χ0) is 30.6. The van der Waals surface area contributed by atoms with Crippen molar-refractivity contribution in [2.24, 2.45) is 11.7 Å². The van der Waals surface area contributed by atoms with E-state index in [-0.39, 0.29) is 47.1 Å². The zero-order valence-corrected chi connectivity index (χ0v) is 22.3. The number of carbonyl (C=O) groups excluding carboxylic acids is 2. The van der Waals surface area contributed by atoms with Crippen LogP contribution in [0.25, 0.3) is 11.1 Å². The molecule has 0 radical (unpaired) electrons. The van der Waals surface area contributed by atoms with E-state index >= 15 is 0 Å². The van der Waals surface area contributed by atoms with Crippen LogP contribution in [-0.4, -0.2) is 26.6 Å². The van der Waals surface area contributed by atoms with E-state index in [1.807, 2.05) is 0 Å². The van der Waals surface area contributed by atoms with Crippen LogP contribution in [0.5, 0.6) is 0 Å². The maximum Gasteiger partial charge on any atom is 0.435 e. The first-order valence-corrected chi connectivity index (χ1v) is 13.3. The molecule has 4 aromatic rings. The van der Waals surface area contributed by atoms with Crippen molar-refractivity contribution in [1.82, 2.24) is 20.1 Å². The van der Waals surface area contributed by atoms with Gasteiger partial charge in [0.15, 0.2) is 5.69 Å². The lowest BCUT2D eigenvalue weighted by molar-refractivity contribution is -0.142. The van der Waals surface area contributed by atoms with Crippen LogP contribution >= 0.6 is 0 Å². The van der Waals surface area contributed by atoms with E-state index in [1.165, 1.54) is 18.3 Å². The summed E-state index contributed by atoms with van der Waals surface area (Å²) in [5.41, 5.74) is 5.48. The minimum absolute atomic E-state index is 0.0854. The number of aromatic nitrogens is 3. The standard InChI is InChI=1S/C30H23F6N5O2/c31-17-6-14(7-18(32)12-17)8-24(26-19(2-1-5-38-26)15-3-4-23(33)21(9-15)29(37)43)39-25(42)13-41-27-20-10-16(20)11-22(27)28(40-41)30(34,35)36/h1-7,9,12,16,20,24H,8,10-11,13H2,(H2,37,43)(H,39,42). The normalized spacial score (nSPS) is 17.7. The van der Waals surface area contributed by atoms with Crippen LogP contribution in [0.15, 0.2) is 54.7 Å². The number of alkyl halides is 3. The predicted molar refractivity (Wildman–Crippen MR) is 141 cm³/mol. The molecule has 2 aliphatic rings. The average molecular weight is 600 g/mol. The number of halogens is 6. The topological polar surface area (TPSA) is 103 Å². The van der Waals surface area contributed by atoms with Gasteiger partial charge in [-0.05, 0) is 66.6 Å². The molecule has 222 valence electrons. The van der Waals surface area contributed by atoms with Crippen molar-refractivity contribution in [3.63, 3.8) is 0 Å². The SMILES string of the molecule is NC(=O)c1cc(-c2cccnc2C(Cc2cc(F)cc(F)c2)NC(=O)Cn2nc(C(F)(F)F)c3c2C2CC2C3)ccc1F. The number of pyridine rings is 1. The molecule has 13 heteroatoms. The monoisotopic (exact) mass is 599 g/mol. The predicted octanol–water partition coefficient (Wildman–Crippen LogP) is 5.24. The lowest BCUT2D eigenvalue weighted by atomic mass is 9.94. The highest BCUT2D eigenvalue weighted by Crippen LogP contribution is 2.58.